The Hall–Kier alpha value is -2.33. The first-order valence-electron chi connectivity index (χ1n) is 6.64. The fraction of sp³-hybridized carbons (Fsp3) is 0.118. The van der Waals surface area contributed by atoms with Crippen LogP contribution >= 0.6 is 11.3 Å². The van der Waals surface area contributed by atoms with Gasteiger partial charge >= 0.3 is 0 Å². The minimum absolute atomic E-state index is 0.604. The van der Waals surface area contributed by atoms with Crippen LogP contribution in [0.15, 0.2) is 47.8 Å². The van der Waals surface area contributed by atoms with Gasteiger partial charge in [-0.1, -0.05) is 6.07 Å². The van der Waals surface area contributed by atoms with Gasteiger partial charge in [0.05, 0.1) is 12.8 Å². The average molecular weight is 297 g/mol. The van der Waals surface area contributed by atoms with Crippen molar-refractivity contribution in [3.63, 3.8) is 0 Å². The Balaban J connectivity index is 1.99. The molecule has 0 aliphatic rings. The number of H-pyrrole nitrogens is 1. The molecule has 2 aromatic heterocycles. The van der Waals surface area contributed by atoms with Crippen LogP contribution in [0.4, 0.5) is 0 Å². The number of thiophene rings is 1. The number of nitrogens with one attached hydrogen (secondary N) is 1. The summed E-state index contributed by atoms with van der Waals surface area (Å²) in [5, 5.41) is 2.07. The third-order valence-electron chi connectivity index (χ3n) is 3.37. The van der Waals surface area contributed by atoms with E-state index in [-0.39, 0.29) is 0 Å². The predicted octanol–water partition coefficient (Wildman–Crippen LogP) is 4.16. The average Bonchev–Trinajstić information content (AvgIpc) is 3.17. The Morgan fingerprint density at radius 3 is 2.67 bits per heavy atom. The second kappa shape index (κ2) is 5.97. The molecule has 3 aromatic rings. The molecule has 0 atom stereocenters. The van der Waals surface area contributed by atoms with E-state index in [2.05, 4.69) is 16.4 Å². The fourth-order valence-electron chi connectivity index (χ4n) is 2.34. The second-order valence-corrected chi connectivity index (χ2v) is 5.76. The maximum Gasteiger partial charge on any atom is 0.166 e. The standard InChI is InChI=1S/C17H15NO2S/c1-20-15-6-4-12(5-7-15)17-13(9-14(11-19)18-17)10-16-3-2-8-21-16/h2-9,11,18H,10H2,1H3. The van der Waals surface area contributed by atoms with Crippen molar-refractivity contribution in [1.82, 2.24) is 4.98 Å². The molecule has 0 radical (unpaired) electrons. The largest absolute Gasteiger partial charge is 0.497 e. The van der Waals surface area contributed by atoms with E-state index in [1.807, 2.05) is 36.4 Å². The third kappa shape index (κ3) is 2.90. The lowest BCUT2D eigenvalue weighted by Gasteiger charge is -2.05. The molecule has 4 heteroatoms. The topological polar surface area (TPSA) is 42.1 Å². The number of carbonyl (C=O) groups is 1. The van der Waals surface area contributed by atoms with Crippen LogP contribution in [0, 0.1) is 0 Å². The lowest BCUT2D eigenvalue weighted by molar-refractivity contribution is 0.111. The van der Waals surface area contributed by atoms with Crippen molar-refractivity contribution in [1.29, 1.82) is 0 Å². The molecule has 0 unspecified atom stereocenters. The summed E-state index contributed by atoms with van der Waals surface area (Å²) in [6, 6.07) is 13.9. The highest BCUT2D eigenvalue weighted by Crippen LogP contribution is 2.28. The summed E-state index contributed by atoms with van der Waals surface area (Å²) in [6.07, 6.45) is 1.67. The van der Waals surface area contributed by atoms with Crippen LogP contribution in [0.2, 0.25) is 0 Å². The highest BCUT2D eigenvalue weighted by Gasteiger charge is 2.11. The summed E-state index contributed by atoms with van der Waals surface area (Å²) in [5.41, 5.74) is 3.78. The smallest absolute Gasteiger partial charge is 0.166 e. The quantitative estimate of drug-likeness (QED) is 0.719. The molecular weight excluding hydrogens is 282 g/mol. The Morgan fingerprint density at radius 1 is 1.24 bits per heavy atom. The van der Waals surface area contributed by atoms with Gasteiger partial charge in [-0.2, -0.15) is 0 Å². The van der Waals surface area contributed by atoms with Gasteiger partial charge in [-0.3, -0.25) is 4.79 Å². The van der Waals surface area contributed by atoms with Crippen LogP contribution in [0.3, 0.4) is 0 Å². The van der Waals surface area contributed by atoms with E-state index in [1.165, 1.54) is 4.88 Å². The molecule has 0 saturated carbocycles. The number of aldehydes is 1. The van der Waals surface area contributed by atoms with Gasteiger partial charge < -0.3 is 9.72 Å². The first kappa shape index (κ1) is 13.6. The molecular formula is C17H15NO2S. The van der Waals surface area contributed by atoms with Crippen LogP contribution in [0.25, 0.3) is 11.3 Å². The zero-order chi connectivity index (χ0) is 14.7. The van der Waals surface area contributed by atoms with Crippen LogP contribution in [-0.2, 0) is 6.42 Å². The normalized spacial score (nSPS) is 10.5. The van der Waals surface area contributed by atoms with Gasteiger partial charge in [0.1, 0.15) is 5.75 Å². The molecule has 0 spiro atoms. The number of aromatic amines is 1. The van der Waals surface area contributed by atoms with Crippen LogP contribution in [0.5, 0.6) is 5.75 Å². The fourth-order valence-corrected chi connectivity index (χ4v) is 3.07. The van der Waals surface area contributed by atoms with Gasteiger partial charge in [0.2, 0.25) is 0 Å². The Kier molecular flexibility index (Phi) is 3.88. The van der Waals surface area contributed by atoms with Crippen LogP contribution in [0.1, 0.15) is 20.9 Å². The number of hydrogen-bond acceptors (Lipinski definition) is 3. The third-order valence-corrected chi connectivity index (χ3v) is 4.25. The molecule has 21 heavy (non-hydrogen) atoms. The zero-order valence-electron chi connectivity index (χ0n) is 11.6. The molecule has 0 bridgehead atoms. The van der Waals surface area contributed by atoms with Crippen LogP contribution < -0.4 is 4.74 Å². The molecule has 1 N–H and O–H groups in total. The Bertz CT molecular complexity index is 727. The number of hydrogen-bond donors (Lipinski definition) is 1. The van der Waals surface area contributed by atoms with Crippen molar-refractivity contribution in [2.45, 2.75) is 6.42 Å². The van der Waals surface area contributed by atoms with E-state index in [4.69, 9.17) is 4.74 Å². The second-order valence-electron chi connectivity index (χ2n) is 4.73. The number of methoxy groups -OCH3 is 1. The predicted molar refractivity (Wildman–Crippen MR) is 85.3 cm³/mol. The van der Waals surface area contributed by atoms with Crippen molar-refractivity contribution in [3.8, 4) is 17.0 Å². The molecule has 1 aromatic carbocycles. The lowest BCUT2D eigenvalue weighted by atomic mass is 10.0. The summed E-state index contributed by atoms with van der Waals surface area (Å²) in [4.78, 5) is 15.5. The SMILES string of the molecule is COc1ccc(-c2[nH]c(C=O)cc2Cc2cccs2)cc1. The summed E-state index contributed by atoms with van der Waals surface area (Å²) in [6.45, 7) is 0. The minimum Gasteiger partial charge on any atom is -0.497 e. The van der Waals surface area contributed by atoms with E-state index >= 15 is 0 Å². The van der Waals surface area contributed by atoms with Gasteiger partial charge in [-0.15, -0.1) is 11.3 Å². The Labute approximate surface area is 127 Å². The molecule has 0 aliphatic heterocycles. The van der Waals surface area contributed by atoms with E-state index in [0.29, 0.717) is 5.69 Å². The van der Waals surface area contributed by atoms with Gasteiger partial charge in [0.15, 0.2) is 6.29 Å². The first-order valence-corrected chi connectivity index (χ1v) is 7.52. The molecule has 0 aliphatic carbocycles. The monoisotopic (exact) mass is 297 g/mol. The zero-order valence-corrected chi connectivity index (χ0v) is 12.4. The number of rotatable bonds is 5. The van der Waals surface area contributed by atoms with Crippen molar-refractivity contribution in [2.24, 2.45) is 0 Å². The van der Waals surface area contributed by atoms with E-state index < -0.39 is 0 Å². The maximum atomic E-state index is 11.1. The molecule has 3 nitrogen and oxygen atoms in total. The van der Waals surface area contributed by atoms with Gasteiger partial charge in [0, 0.05) is 17.0 Å². The highest BCUT2D eigenvalue weighted by molar-refractivity contribution is 7.09. The molecule has 2 heterocycles. The van der Waals surface area contributed by atoms with Gasteiger partial charge in [-0.05, 0) is 52.9 Å². The molecule has 0 fully saturated rings. The van der Waals surface area contributed by atoms with E-state index in [9.17, 15) is 4.79 Å². The molecule has 0 amide bonds. The Morgan fingerprint density at radius 2 is 2.05 bits per heavy atom. The van der Waals surface area contributed by atoms with E-state index in [1.54, 1.807) is 18.4 Å². The number of aromatic nitrogens is 1. The number of ether oxygens (including phenoxy) is 1. The van der Waals surface area contributed by atoms with Crippen LogP contribution in [-0.4, -0.2) is 18.4 Å². The summed E-state index contributed by atoms with van der Waals surface area (Å²) >= 11 is 1.72. The van der Waals surface area contributed by atoms with Crippen molar-refractivity contribution >= 4 is 17.6 Å². The lowest BCUT2D eigenvalue weighted by Crippen LogP contribution is -1.88. The summed E-state index contributed by atoms with van der Waals surface area (Å²) in [7, 11) is 1.65. The highest BCUT2D eigenvalue weighted by atomic mass is 32.1. The van der Waals surface area contributed by atoms with Crippen molar-refractivity contribution in [3.05, 3.63) is 64.0 Å². The summed E-state index contributed by atoms with van der Waals surface area (Å²) in [5.74, 6) is 0.820. The molecule has 3 rings (SSSR count). The number of benzene rings is 1. The maximum absolute atomic E-state index is 11.1. The minimum atomic E-state index is 0.604. The van der Waals surface area contributed by atoms with Crippen molar-refractivity contribution in [2.75, 3.05) is 7.11 Å². The summed E-state index contributed by atoms with van der Waals surface area (Å²) < 4.78 is 5.18. The first-order chi connectivity index (χ1) is 10.3. The van der Waals surface area contributed by atoms with Crippen molar-refractivity contribution < 1.29 is 9.53 Å². The van der Waals surface area contributed by atoms with E-state index in [0.717, 1.165) is 35.3 Å². The van der Waals surface area contributed by atoms with Gasteiger partial charge in [0.25, 0.3) is 0 Å². The van der Waals surface area contributed by atoms with Gasteiger partial charge in [-0.25, -0.2) is 0 Å². The molecule has 106 valence electrons. The molecule has 0 saturated heterocycles. The number of carbonyl (C=O) groups excluding carboxylic acids is 1.